The standard InChI is InChI=1S/C48H48N4/c1-29-5-13-33(14-6-29)45-37-21-23-39(49-37)46(34-15-7-30(2)8-16-34)41-25-27-43(51-41)48(36-19-11-32(4)12-20-36)44-28-26-42(52-44)47(40-24-22-38(45)50-40)35-17-9-31(3)10-18-35/h5-15,17,19-25,27-28,34-35,38,40,42,47,50-52H,16,18,26H2,1-4H3. The van der Waals surface area contributed by atoms with Gasteiger partial charge in [0.2, 0.25) is 0 Å². The number of H-pyrrole nitrogens is 1. The van der Waals surface area contributed by atoms with Gasteiger partial charge < -0.3 is 10.3 Å². The van der Waals surface area contributed by atoms with Crippen LogP contribution in [0.4, 0.5) is 0 Å². The molecular weight excluding hydrogens is 633 g/mol. The van der Waals surface area contributed by atoms with E-state index in [9.17, 15) is 0 Å². The van der Waals surface area contributed by atoms with Crippen molar-refractivity contribution >= 4 is 22.4 Å². The van der Waals surface area contributed by atoms with E-state index in [1.54, 1.807) is 0 Å². The number of hydrogen-bond acceptors (Lipinski definition) is 3. The van der Waals surface area contributed by atoms with Gasteiger partial charge in [0, 0.05) is 57.0 Å². The van der Waals surface area contributed by atoms with E-state index in [4.69, 9.17) is 4.99 Å². The lowest BCUT2D eigenvalue weighted by Gasteiger charge is -2.37. The molecule has 4 aliphatic heterocycles. The van der Waals surface area contributed by atoms with Crippen molar-refractivity contribution in [2.24, 2.45) is 22.7 Å². The molecule has 0 fully saturated rings. The van der Waals surface area contributed by atoms with Gasteiger partial charge in [0.25, 0.3) is 0 Å². The molecule has 0 radical (unpaired) electrons. The predicted octanol–water partition coefficient (Wildman–Crippen LogP) is 8.22. The fourth-order valence-corrected chi connectivity index (χ4v) is 9.03. The fraction of sp³-hybridized carbons (Fsp3) is 0.271. The SMILES string of the molecule is CC1=CCC(C2=c3ccc([nH]3)=C(c3ccc(C)cc3)C3=CCC(N3)C(C3C=CC(C)=CC3)C3C=CC(N3)C(c3ccc(C)cc3)=C3C=CC2=N3)C=C1. The third-order valence-electron chi connectivity index (χ3n) is 11.9. The molecule has 52 heavy (non-hydrogen) atoms. The zero-order valence-corrected chi connectivity index (χ0v) is 30.7. The number of aryl methyl sites for hydroxylation is 2. The van der Waals surface area contributed by atoms with Crippen molar-refractivity contribution < 1.29 is 0 Å². The summed E-state index contributed by atoms with van der Waals surface area (Å²) in [6.07, 6.45) is 29.0. The normalized spacial score (nSPS) is 27.8. The van der Waals surface area contributed by atoms with Gasteiger partial charge in [0.15, 0.2) is 0 Å². The number of rotatable bonds is 4. The van der Waals surface area contributed by atoms with Gasteiger partial charge in [-0.2, -0.15) is 0 Å². The number of fused-ring (bicyclic) bond motifs is 7. The van der Waals surface area contributed by atoms with Crippen LogP contribution in [0.3, 0.4) is 0 Å². The molecule has 2 aromatic carbocycles. The number of benzene rings is 2. The van der Waals surface area contributed by atoms with Crippen LogP contribution in [0.1, 0.15) is 55.4 Å². The molecule has 0 amide bonds. The number of aromatic nitrogens is 1. The Morgan fingerprint density at radius 2 is 1.33 bits per heavy atom. The summed E-state index contributed by atoms with van der Waals surface area (Å²) in [4.78, 5) is 9.48. The fourth-order valence-electron chi connectivity index (χ4n) is 9.03. The van der Waals surface area contributed by atoms with E-state index in [1.807, 2.05) is 0 Å². The molecule has 4 heteroatoms. The summed E-state index contributed by atoms with van der Waals surface area (Å²) in [6.45, 7) is 8.72. The van der Waals surface area contributed by atoms with Crippen molar-refractivity contribution in [1.29, 1.82) is 0 Å². The molecule has 2 aliphatic carbocycles. The maximum Gasteiger partial charge on any atom is 0.0696 e. The Labute approximate surface area is 307 Å². The van der Waals surface area contributed by atoms with E-state index in [1.165, 1.54) is 55.8 Å². The molecule has 5 heterocycles. The summed E-state index contributed by atoms with van der Waals surface area (Å²) >= 11 is 0. The van der Waals surface area contributed by atoms with Crippen LogP contribution < -0.4 is 21.3 Å². The van der Waals surface area contributed by atoms with Crippen LogP contribution in [0.5, 0.6) is 0 Å². The van der Waals surface area contributed by atoms with E-state index in [-0.39, 0.29) is 24.0 Å². The summed E-state index contributed by atoms with van der Waals surface area (Å²) in [7, 11) is 0. The third kappa shape index (κ3) is 6.09. The predicted molar refractivity (Wildman–Crippen MR) is 217 cm³/mol. The molecule has 0 saturated carbocycles. The van der Waals surface area contributed by atoms with Gasteiger partial charge in [-0.15, -0.1) is 0 Å². The van der Waals surface area contributed by atoms with Crippen molar-refractivity contribution in [3.05, 3.63) is 183 Å². The van der Waals surface area contributed by atoms with Crippen molar-refractivity contribution in [3.63, 3.8) is 0 Å². The molecule has 0 spiro atoms. The summed E-state index contributed by atoms with van der Waals surface area (Å²) in [5, 5.41) is 10.5. The van der Waals surface area contributed by atoms with Gasteiger partial charge in [-0.1, -0.05) is 125 Å². The van der Waals surface area contributed by atoms with Gasteiger partial charge in [0.1, 0.15) is 0 Å². The number of aliphatic imine (C=N–C) groups is 1. The molecule has 1 aromatic heterocycles. The molecule has 9 rings (SSSR count). The summed E-state index contributed by atoms with van der Waals surface area (Å²) in [5.41, 5.74) is 14.6. The minimum atomic E-state index is 0.0416. The average molecular weight is 681 g/mol. The van der Waals surface area contributed by atoms with Gasteiger partial charge >= 0.3 is 0 Å². The molecule has 6 aliphatic rings. The highest BCUT2D eigenvalue weighted by Gasteiger charge is 2.40. The first kappa shape index (κ1) is 32.7. The van der Waals surface area contributed by atoms with Crippen LogP contribution in [-0.2, 0) is 0 Å². The topological polar surface area (TPSA) is 52.2 Å². The zero-order chi connectivity index (χ0) is 35.3. The van der Waals surface area contributed by atoms with Crippen LogP contribution in [0, 0.1) is 31.6 Å². The Morgan fingerprint density at radius 3 is 2.04 bits per heavy atom. The number of nitrogens with one attached hydrogen (secondary N) is 3. The van der Waals surface area contributed by atoms with Crippen molar-refractivity contribution in [2.75, 3.05) is 0 Å². The van der Waals surface area contributed by atoms with Crippen LogP contribution in [0.2, 0.25) is 0 Å². The molecule has 3 N–H and O–H groups in total. The van der Waals surface area contributed by atoms with E-state index in [2.05, 4.69) is 171 Å². The van der Waals surface area contributed by atoms with Gasteiger partial charge in [0.05, 0.1) is 17.5 Å². The number of allylic oxidation sites excluding steroid dienone is 11. The molecule has 260 valence electrons. The smallest absolute Gasteiger partial charge is 0.0696 e. The molecule has 6 atom stereocenters. The first-order valence-corrected chi connectivity index (χ1v) is 19.1. The Bertz CT molecular complexity index is 2330. The minimum Gasteiger partial charge on any atom is -0.381 e. The largest absolute Gasteiger partial charge is 0.381 e. The molecule has 0 saturated heterocycles. The van der Waals surface area contributed by atoms with E-state index in [0.29, 0.717) is 11.8 Å². The van der Waals surface area contributed by atoms with Crippen LogP contribution in [0.25, 0.3) is 16.7 Å². The molecule has 4 nitrogen and oxygen atoms in total. The summed E-state index contributed by atoms with van der Waals surface area (Å²) < 4.78 is 0. The van der Waals surface area contributed by atoms with Crippen LogP contribution >= 0.6 is 0 Å². The maximum atomic E-state index is 5.52. The second-order valence-electron chi connectivity index (χ2n) is 15.5. The second-order valence-corrected chi connectivity index (χ2v) is 15.5. The lowest BCUT2D eigenvalue weighted by atomic mass is 9.76. The quantitative estimate of drug-likeness (QED) is 0.243. The number of hydrogen-bond donors (Lipinski definition) is 3. The molecule has 3 aromatic rings. The molecular formula is C48H48N4. The minimum absolute atomic E-state index is 0.0416. The third-order valence-corrected chi connectivity index (χ3v) is 11.9. The van der Waals surface area contributed by atoms with Gasteiger partial charge in [-0.3, -0.25) is 5.32 Å². The van der Waals surface area contributed by atoms with Crippen LogP contribution in [0.15, 0.2) is 155 Å². The molecule has 6 unspecified atom stereocenters. The maximum absolute atomic E-state index is 5.52. The Hall–Kier alpha value is -5.19. The number of aromatic amines is 1. The lowest BCUT2D eigenvalue weighted by Crippen LogP contribution is -2.48. The Balaban J connectivity index is 1.28. The summed E-state index contributed by atoms with van der Waals surface area (Å²) in [5.74, 6) is 0.976. The first-order chi connectivity index (χ1) is 25.4. The highest BCUT2D eigenvalue weighted by Crippen LogP contribution is 2.39. The van der Waals surface area contributed by atoms with E-state index >= 15 is 0 Å². The zero-order valence-electron chi connectivity index (χ0n) is 30.7. The Kier molecular flexibility index (Phi) is 8.43. The lowest BCUT2D eigenvalue weighted by molar-refractivity contribution is 0.261. The highest BCUT2D eigenvalue weighted by atomic mass is 15.0. The second kappa shape index (κ2) is 13.4. The Morgan fingerprint density at radius 1 is 0.615 bits per heavy atom. The average Bonchev–Trinajstić information content (AvgIpc) is 3.99. The van der Waals surface area contributed by atoms with Crippen molar-refractivity contribution in [1.82, 2.24) is 15.6 Å². The molecule has 8 bridgehead atoms. The monoisotopic (exact) mass is 680 g/mol. The van der Waals surface area contributed by atoms with Crippen LogP contribution in [-0.4, -0.2) is 28.8 Å². The number of nitrogens with zero attached hydrogens (tertiary/aromatic N) is 1. The van der Waals surface area contributed by atoms with Gasteiger partial charge in [-0.25, -0.2) is 4.99 Å². The van der Waals surface area contributed by atoms with Crippen molar-refractivity contribution in [2.45, 2.75) is 65.1 Å². The van der Waals surface area contributed by atoms with E-state index < -0.39 is 0 Å². The van der Waals surface area contributed by atoms with Crippen molar-refractivity contribution in [3.8, 4) is 0 Å². The van der Waals surface area contributed by atoms with E-state index in [0.717, 1.165) is 41.4 Å². The summed E-state index contributed by atoms with van der Waals surface area (Å²) in [6, 6.07) is 23.1. The first-order valence-electron chi connectivity index (χ1n) is 19.1. The highest BCUT2D eigenvalue weighted by molar-refractivity contribution is 6.27. The van der Waals surface area contributed by atoms with Gasteiger partial charge in [-0.05, 0) is 88.3 Å².